The predicted molar refractivity (Wildman–Crippen MR) is 65.6 cm³/mol. The van der Waals surface area contributed by atoms with Gasteiger partial charge in [-0.15, -0.1) is 0 Å². The van der Waals surface area contributed by atoms with Gasteiger partial charge in [0.1, 0.15) is 0 Å². The third kappa shape index (κ3) is 5.25. The van der Waals surface area contributed by atoms with Crippen molar-refractivity contribution in [1.82, 2.24) is 10.2 Å². The van der Waals surface area contributed by atoms with E-state index >= 15 is 0 Å². The quantitative estimate of drug-likeness (QED) is 0.604. The Labute approximate surface area is 99.0 Å². The van der Waals surface area contributed by atoms with E-state index in [0.29, 0.717) is 12.1 Å². The van der Waals surface area contributed by atoms with Crippen LogP contribution in [-0.4, -0.2) is 62.0 Å². The third-order valence-corrected chi connectivity index (χ3v) is 3.26. The fourth-order valence-corrected chi connectivity index (χ4v) is 1.76. The minimum Gasteiger partial charge on any atom is -0.395 e. The molecule has 2 atom stereocenters. The molecule has 0 aromatic carbocycles. The van der Waals surface area contributed by atoms with Gasteiger partial charge in [0.15, 0.2) is 0 Å². The second-order valence-corrected chi connectivity index (χ2v) is 4.89. The van der Waals surface area contributed by atoms with E-state index in [2.05, 4.69) is 24.2 Å². The Bertz CT molecular complexity index is 186. The zero-order chi connectivity index (χ0) is 12.0. The first-order valence-corrected chi connectivity index (χ1v) is 6.23. The van der Waals surface area contributed by atoms with E-state index in [1.54, 1.807) is 7.11 Å². The summed E-state index contributed by atoms with van der Waals surface area (Å²) >= 11 is 0. The number of nitrogens with one attached hydrogen (secondary N) is 1. The Hall–Kier alpha value is -0.160. The van der Waals surface area contributed by atoms with Crippen molar-refractivity contribution in [2.75, 3.05) is 33.9 Å². The van der Waals surface area contributed by atoms with Gasteiger partial charge in [-0.3, -0.25) is 0 Å². The molecule has 1 aliphatic rings. The van der Waals surface area contributed by atoms with Crippen LogP contribution in [0.15, 0.2) is 0 Å². The van der Waals surface area contributed by atoms with Gasteiger partial charge >= 0.3 is 0 Å². The van der Waals surface area contributed by atoms with E-state index < -0.39 is 0 Å². The third-order valence-electron chi connectivity index (χ3n) is 3.26. The zero-order valence-electron chi connectivity index (χ0n) is 10.8. The molecule has 0 aromatic rings. The lowest BCUT2D eigenvalue weighted by molar-refractivity contribution is 0.110. The molecule has 0 aromatic heterocycles. The Morgan fingerprint density at radius 2 is 2.19 bits per heavy atom. The van der Waals surface area contributed by atoms with Gasteiger partial charge in [-0.2, -0.15) is 0 Å². The van der Waals surface area contributed by atoms with Crippen LogP contribution in [0.2, 0.25) is 0 Å². The molecule has 0 heterocycles. The van der Waals surface area contributed by atoms with Crippen LogP contribution >= 0.6 is 0 Å². The van der Waals surface area contributed by atoms with Gasteiger partial charge in [0, 0.05) is 25.2 Å². The summed E-state index contributed by atoms with van der Waals surface area (Å²) in [4.78, 5) is 2.28. The van der Waals surface area contributed by atoms with E-state index in [-0.39, 0.29) is 12.6 Å². The van der Waals surface area contributed by atoms with E-state index in [1.165, 1.54) is 12.8 Å². The summed E-state index contributed by atoms with van der Waals surface area (Å²) in [5, 5.41) is 12.7. The van der Waals surface area contributed by atoms with Gasteiger partial charge < -0.3 is 20.1 Å². The minimum absolute atomic E-state index is 0.239. The van der Waals surface area contributed by atoms with Crippen molar-refractivity contribution in [2.45, 2.75) is 44.3 Å². The lowest BCUT2D eigenvalue weighted by atomic mass is 10.2. The molecule has 0 spiro atoms. The number of hydrogen-bond acceptors (Lipinski definition) is 4. The highest BCUT2D eigenvalue weighted by atomic mass is 16.5. The lowest BCUT2D eigenvalue weighted by Gasteiger charge is -2.26. The minimum atomic E-state index is 0.239. The molecule has 1 aliphatic carbocycles. The summed E-state index contributed by atoms with van der Waals surface area (Å²) in [6.45, 7) is 4.15. The number of aliphatic hydroxyl groups excluding tert-OH is 1. The van der Waals surface area contributed by atoms with Crippen LogP contribution in [0.3, 0.4) is 0 Å². The van der Waals surface area contributed by atoms with E-state index in [9.17, 15) is 5.11 Å². The van der Waals surface area contributed by atoms with E-state index in [1.807, 2.05) is 0 Å². The monoisotopic (exact) mass is 230 g/mol. The number of aliphatic hydroxyl groups is 1. The molecule has 1 rings (SSSR count). The van der Waals surface area contributed by atoms with Gasteiger partial charge in [0.25, 0.3) is 0 Å². The molecular formula is C12H26N2O2. The molecule has 4 nitrogen and oxygen atoms in total. The Kier molecular flexibility index (Phi) is 6.28. The van der Waals surface area contributed by atoms with Crippen molar-refractivity contribution < 1.29 is 9.84 Å². The molecule has 0 radical (unpaired) electrons. The number of methoxy groups -OCH3 is 1. The first kappa shape index (κ1) is 13.9. The van der Waals surface area contributed by atoms with Crippen LogP contribution in [-0.2, 0) is 4.74 Å². The first-order chi connectivity index (χ1) is 7.67. The van der Waals surface area contributed by atoms with Crippen LogP contribution in [0.25, 0.3) is 0 Å². The van der Waals surface area contributed by atoms with Gasteiger partial charge in [-0.1, -0.05) is 0 Å². The maximum absolute atomic E-state index is 9.25. The number of nitrogens with zero attached hydrogens (tertiary/aromatic N) is 1. The average molecular weight is 230 g/mol. The van der Waals surface area contributed by atoms with Crippen LogP contribution in [0.1, 0.15) is 26.2 Å². The second-order valence-electron chi connectivity index (χ2n) is 4.89. The highest BCUT2D eigenvalue weighted by molar-refractivity contribution is 4.85. The Morgan fingerprint density at radius 3 is 2.69 bits per heavy atom. The van der Waals surface area contributed by atoms with Gasteiger partial charge in [-0.05, 0) is 39.8 Å². The molecule has 0 aliphatic heterocycles. The molecule has 0 amide bonds. The molecule has 96 valence electrons. The van der Waals surface area contributed by atoms with Gasteiger partial charge in [-0.25, -0.2) is 0 Å². The standard InChI is InChI=1S/C12H26N2O2/c1-10(9-16-3)14(2)7-6-12(8-15)13-11-4-5-11/h10-13,15H,4-9H2,1-3H3. The Balaban J connectivity index is 2.14. The SMILES string of the molecule is COCC(C)N(C)CCC(CO)NC1CC1. The van der Waals surface area contributed by atoms with Crippen molar-refractivity contribution in [1.29, 1.82) is 0 Å². The average Bonchev–Trinajstić information content (AvgIpc) is 3.07. The smallest absolute Gasteiger partial charge is 0.0615 e. The number of rotatable bonds is 9. The molecule has 0 bridgehead atoms. The predicted octanol–water partition coefficient (Wildman–Crippen LogP) is 0.456. The van der Waals surface area contributed by atoms with Crippen LogP contribution in [0, 0.1) is 0 Å². The maximum atomic E-state index is 9.25. The molecule has 1 fully saturated rings. The van der Waals surface area contributed by atoms with Crippen molar-refractivity contribution in [2.24, 2.45) is 0 Å². The highest BCUT2D eigenvalue weighted by Gasteiger charge is 2.24. The molecule has 1 saturated carbocycles. The molecule has 4 heteroatoms. The normalized spacial score (nSPS) is 20.1. The molecule has 2 N–H and O–H groups in total. The van der Waals surface area contributed by atoms with Crippen LogP contribution in [0.5, 0.6) is 0 Å². The zero-order valence-corrected chi connectivity index (χ0v) is 10.8. The van der Waals surface area contributed by atoms with Gasteiger partial charge in [0.05, 0.1) is 13.2 Å². The summed E-state index contributed by atoms with van der Waals surface area (Å²) in [7, 11) is 3.84. The van der Waals surface area contributed by atoms with Crippen LogP contribution in [0.4, 0.5) is 0 Å². The number of hydrogen-bond donors (Lipinski definition) is 2. The summed E-state index contributed by atoms with van der Waals surface area (Å²) in [6, 6.07) is 1.36. The highest BCUT2D eigenvalue weighted by Crippen LogP contribution is 2.19. The van der Waals surface area contributed by atoms with E-state index in [4.69, 9.17) is 4.74 Å². The summed E-state index contributed by atoms with van der Waals surface area (Å²) in [5.41, 5.74) is 0. The maximum Gasteiger partial charge on any atom is 0.0615 e. The molecule has 0 saturated heterocycles. The van der Waals surface area contributed by atoms with Crippen molar-refractivity contribution in [3.63, 3.8) is 0 Å². The molecule has 2 unspecified atom stereocenters. The van der Waals surface area contributed by atoms with E-state index in [0.717, 1.165) is 19.6 Å². The first-order valence-electron chi connectivity index (χ1n) is 6.23. The van der Waals surface area contributed by atoms with Crippen LogP contribution < -0.4 is 5.32 Å². The second kappa shape index (κ2) is 7.22. The lowest BCUT2D eigenvalue weighted by Crippen LogP contribution is -2.40. The largest absolute Gasteiger partial charge is 0.395 e. The molecular weight excluding hydrogens is 204 g/mol. The number of likely N-dealkylation sites (N-methyl/N-ethyl adjacent to an activating group) is 1. The summed E-state index contributed by atoms with van der Waals surface area (Å²) in [5.74, 6) is 0. The number of ether oxygens (including phenoxy) is 1. The van der Waals surface area contributed by atoms with Crippen molar-refractivity contribution in [3.8, 4) is 0 Å². The summed E-state index contributed by atoms with van der Waals surface area (Å²) < 4.78 is 5.13. The molecule has 16 heavy (non-hydrogen) atoms. The van der Waals surface area contributed by atoms with Crippen molar-refractivity contribution in [3.05, 3.63) is 0 Å². The van der Waals surface area contributed by atoms with Crippen molar-refractivity contribution >= 4 is 0 Å². The summed E-state index contributed by atoms with van der Waals surface area (Å²) in [6.07, 6.45) is 3.54. The fraction of sp³-hybridized carbons (Fsp3) is 1.00. The Morgan fingerprint density at radius 1 is 1.50 bits per heavy atom. The fourth-order valence-electron chi connectivity index (χ4n) is 1.76. The topological polar surface area (TPSA) is 44.7 Å². The van der Waals surface area contributed by atoms with Gasteiger partial charge in [0.2, 0.25) is 0 Å².